The molecule has 0 amide bonds. The van der Waals surface area contributed by atoms with Gasteiger partial charge in [0.1, 0.15) is 10.7 Å². The summed E-state index contributed by atoms with van der Waals surface area (Å²) in [4.78, 5) is 13.1. The Labute approximate surface area is 148 Å². The van der Waals surface area contributed by atoms with Crippen molar-refractivity contribution in [3.05, 3.63) is 36.5 Å². The highest BCUT2D eigenvalue weighted by Gasteiger charge is 2.25. The number of sulfone groups is 1. The van der Waals surface area contributed by atoms with Gasteiger partial charge in [-0.15, -0.1) is 0 Å². The molecule has 0 saturated carbocycles. The van der Waals surface area contributed by atoms with Gasteiger partial charge in [0.25, 0.3) is 0 Å². The van der Waals surface area contributed by atoms with Crippen molar-refractivity contribution in [1.82, 2.24) is 14.9 Å². The molecule has 0 bridgehead atoms. The van der Waals surface area contributed by atoms with Crippen LogP contribution in [0.4, 0.5) is 11.8 Å². The van der Waals surface area contributed by atoms with E-state index >= 15 is 0 Å². The van der Waals surface area contributed by atoms with Crippen molar-refractivity contribution < 1.29 is 8.42 Å². The summed E-state index contributed by atoms with van der Waals surface area (Å²) >= 11 is 0. The monoisotopic (exact) mass is 361 g/mol. The summed E-state index contributed by atoms with van der Waals surface area (Å²) < 4.78 is 25.4. The fraction of sp³-hybridized carbons (Fsp3) is 0.412. The molecule has 0 spiro atoms. The number of benzene rings is 1. The Kier molecular flexibility index (Phi) is 4.91. The predicted octanol–water partition coefficient (Wildman–Crippen LogP) is 1.42. The zero-order valence-corrected chi connectivity index (χ0v) is 15.3. The summed E-state index contributed by atoms with van der Waals surface area (Å²) in [6, 6.07) is 8.69. The molecule has 0 aliphatic carbocycles. The molecule has 1 aromatic heterocycles. The van der Waals surface area contributed by atoms with Gasteiger partial charge in [-0.25, -0.2) is 13.4 Å². The number of piperazine rings is 1. The smallest absolute Gasteiger partial charge is 0.227 e. The van der Waals surface area contributed by atoms with Crippen molar-refractivity contribution in [3.8, 4) is 0 Å². The second-order valence-corrected chi connectivity index (χ2v) is 8.27. The van der Waals surface area contributed by atoms with Crippen LogP contribution >= 0.6 is 0 Å². The van der Waals surface area contributed by atoms with Gasteiger partial charge in [-0.2, -0.15) is 4.98 Å². The molecule has 0 radical (unpaired) electrons. The van der Waals surface area contributed by atoms with Gasteiger partial charge in [0.05, 0.1) is 11.1 Å². The van der Waals surface area contributed by atoms with Crippen LogP contribution in [0.15, 0.2) is 46.3 Å². The summed E-state index contributed by atoms with van der Waals surface area (Å²) in [5.41, 5.74) is 5.96. The summed E-state index contributed by atoms with van der Waals surface area (Å²) in [6.45, 7) is 7.78. The number of aromatic nitrogens is 2. The van der Waals surface area contributed by atoms with E-state index in [1.54, 1.807) is 18.2 Å². The van der Waals surface area contributed by atoms with Crippen molar-refractivity contribution >= 4 is 21.6 Å². The van der Waals surface area contributed by atoms with Crippen molar-refractivity contribution in [2.45, 2.75) is 29.7 Å². The highest BCUT2D eigenvalue weighted by atomic mass is 32.2. The number of nitrogen functional groups attached to an aromatic ring is 1. The van der Waals surface area contributed by atoms with Crippen LogP contribution in [-0.2, 0) is 9.84 Å². The van der Waals surface area contributed by atoms with Crippen LogP contribution in [0.2, 0.25) is 0 Å². The number of anilines is 2. The largest absolute Gasteiger partial charge is 0.382 e. The molecule has 3 rings (SSSR count). The molecule has 1 aromatic carbocycles. The standard InChI is InChI=1S/C17H23N5O2S/c1-13(2)21-8-10-22(11-9-21)17-19-12-15(16(18)20-17)25(23,24)14-6-4-3-5-7-14/h3-7,12-13H,8-11H2,1-2H3,(H2,18,19,20). The average molecular weight is 361 g/mol. The molecule has 134 valence electrons. The SMILES string of the molecule is CC(C)N1CCN(c2ncc(S(=O)(=O)c3ccccc3)c(N)n2)CC1. The molecule has 2 heterocycles. The molecule has 25 heavy (non-hydrogen) atoms. The maximum Gasteiger partial charge on any atom is 0.227 e. The fourth-order valence-corrected chi connectivity index (χ4v) is 4.18. The van der Waals surface area contributed by atoms with E-state index in [1.807, 2.05) is 4.90 Å². The Morgan fingerprint density at radius 2 is 1.72 bits per heavy atom. The number of hydrogen-bond donors (Lipinski definition) is 1. The minimum absolute atomic E-state index is 0.0138. The van der Waals surface area contributed by atoms with E-state index in [4.69, 9.17) is 5.73 Å². The first-order valence-electron chi connectivity index (χ1n) is 8.31. The van der Waals surface area contributed by atoms with E-state index in [9.17, 15) is 8.42 Å². The van der Waals surface area contributed by atoms with Gasteiger partial charge in [-0.1, -0.05) is 18.2 Å². The van der Waals surface area contributed by atoms with Gasteiger partial charge in [0.2, 0.25) is 15.8 Å². The van der Waals surface area contributed by atoms with E-state index < -0.39 is 9.84 Å². The molecular weight excluding hydrogens is 338 g/mol. The van der Waals surface area contributed by atoms with Crippen molar-refractivity contribution in [3.63, 3.8) is 0 Å². The maximum atomic E-state index is 12.7. The van der Waals surface area contributed by atoms with E-state index in [1.165, 1.54) is 18.3 Å². The molecule has 2 aromatic rings. The summed E-state index contributed by atoms with van der Waals surface area (Å²) in [6.07, 6.45) is 1.31. The van der Waals surface area contributed by atoms with Crippen LogP contribution < -0.4 is 10.6 Å². The van der Waals surface area contributed by atoms with Crippen LogP contribution in [0, 0.1) is 0 Å². The molecular formula is C17H23N5O2S. The minimum Gasteiger partial charge on any atom is -0.382 e. The Hall–Kier alpha value is -2.19. The Bertz CT molecular complexity index is 831. The van der Waals surface area contributed by atoms with E-state index in [0.29, 0.717) is 12.0 Å². The highest BCUT2D eigenvalue weighted by molar-refractivity contribution is 7.91. The number of rotatable bonds is 4. The Morgan fingerprint density at radius 1 is 1.08 bits per heavy atom. The topological polar surface area (TPSA) is 92.4 Å². The lowest BCUT2D eigenvalue weighted by Gasteiger charge is -2.36. The highest BCUT2D eigenvalue weighted by Crippen LogP contribution is 2.25. The lowest BCUT2D eigenvalue weighted by molar-refractivity contribution is 0.208. The van der Waals surface area contributed by atoms with Crippen molar-refractivity contribution in [1.29, 1.82) is 0 Å². The summed E-state index contributed by atoms with van der Waals surface area (Å²) in [5, 5.41) is 0. The van der Waals surface area contributed by atoms with Crippen LogP contribution in [0.3, 0.4) is 0 Å². The third-order valence-electron chi connectivity index (χ3n) is 4.44. The van der Waals surface area contributed by atoms with Gasteiger partial charge < -0.3 is 10.6 Å². The first-order chi connectivity index (χ1) is 11.9. The molecule has 1 aliphatic heterocycles. The molecule has 1 fully saturated rings. The lowest BCUT2D eigenvalue weighted by Crippen LogP contribution is -2.49. The average Bonchev–Trinajstić information content (AvgIpc) is 2.62. The quantitative estimate of drug-likeness (QED) is 0.880. The van der Waals surface area contributed by atoms with Crippen LogP contribution in [0.25, 0.3) is 0 Å². The lowest BCUT2D eigenvalue weighted by atomic mass is 10.2. The normalized spacial score (nSPS) is 16.4. The molecule has 1 saturated heterocycles. The Balaban J connectivity index is 1.83. The van der Waals surface area contributed by atoms with Gasteiger partial charge in [0, 0.05) is 32.2 Å². The molecule has 0 atom stereocenters. The molecule has 2 N–H and O–H groups in total. The molecule has 7 nitrogen and oxygen atoms in total. The van der Waals surface area contributed by atoms with Gasteiger partial charge >= 0.3 is 0 Å². The third-order valence-corrected chi connectivity index (χ3v) is 6.23. The number of nitrogens with two attached hydrogens (primary N) is 1. The zero-order chi connectivity index (χ0) is 18.0. The van der Waals surface area contributed by atoms with Gasteiger partial charge in [0.15, 0.2) is 0 Å². The molecule has 8 heteroatoms. The predicted molar refractivity (Wildman–Crippen MR) is 97.3 cm³/mol. The molecule has 1 aliphatic rings. The first kappa shape index (κ1) is 17.6. The fourth-order valence-electron chi connectivity index (χ4n) is 2.90. The first-order valence-corrected chi connectivity index (χ1v) is 9.79. The number of hydrogen-bond acceptors (Lipinski definition) is 7. The Morgan fingerprint density at radius 3 is 2.28 bits per heavy atom. The second-order valence-electron chi connectivity index (χ2n) is 6.35. The molecule has 0 unspecified atom stereocenters. The van der Waals surface area contributed by atoms with Crippen LogP contribution in [0.5, 0.6) is 0 Å². The summed E-state index contributed by atoms with van der Waals surface area (Å²) in [7, 11) is -3.71. The van der Waals surface area contributed by atoms with Crippen molar-refractivity contribution in [2.75, 3.05) is 36.8 Å². The van der Waals surface area contributed by atoms with E-state index in [2.05, 4.69) is 28.7 Å². The van der Waals surface area contributed by atoms with E-state index in [0.717, 1.165) is 26.2 Å². The van der Waals surface area contributed by atoms with Gasteiger partial charge in [-0.3, -0.25) is 4.90 Å². The third kappa shape index (κ3) is 3.59. The second kappa shape index (κ2) is 6.97. The van der Waals surface area contributed by atoms with Gasteiger partial charge in [-0.05, 0) is 26.0 Å². The summed E-state index contributed by atoms with van der Waals surface area (Å²) in [5.74, 6) is 0.466. The minimum atomic E-state index is -3.71. The van der Waals surface area contributed by atoms with Crippen LogP contribution in [-0.4, -0.2) is 55.5 Å². The van der Waals surface area contributed by atoms with Crippen LogP contribution in [0.1, 0.15) is 13.8 Å². The van der Waals surface area contributed by atoms with Crippen molar-refractivity contribution in [2.24, 2.45) is 0 Å². The maximum absolute atomic E-state index is 12.7. The van der Waals surface area contributed by atoms with E-state index in [-0.39, 0.29) is 15.6 Å². The number of nitrogens with zero attached hydrogens (tertiary/aromatic N) is 4. The zero-order valence-electron chi connectivity index (χ0n) is 14.5.